The second kappa shape index (κ2) is 9.02. The van der Waals surface area contributed by atoms with Gasteiger partial charge in [-0.25, -0.2) is 4.68 Å². The van der Waals surface area contributed by atoms with Gasteiger partial charge in [-0.2, -0.15) is 5.10 Å². The maximum absolute atomic E-state index is 13.4. The van der Waals surface area contributed by atoms with E-state index in [1.807, 2.05) is 55.5 Å². The highest BCUT2D eigenvalue weighted by atomic mass is 16.2. The van der Waals surface area contributed by atoms with E-state index in [1.165, 1.54) is 4.68 Å². The van der Waals surface area contributed by atoms with Gasteiger partial charge in [0.25, 0.3) is 11.5 Å². The van der Waals surface area contributed by atoms with Gasteiger partial charge in [0, 0.05) is 23.7 Å². The Kier molecular flexibility index (Phi) is 6.14. The molecule has 7 heteroatoms. The van der Waals surface area contributed by atoms with Crippen molar-refractivity contribution in [3.05, 3.63) is 76.1 Å². The molecule has 1 atom stereocenters. The van der Waals surface area contributed by atoms with E-state index >= 15 is 0 Å². The van der Waals surface area contributed by atoms with Crippen molar-refractivity contribution in [2.75, 3.05) is 16.8 Å². The lowest BCUT2D eigenvalue weighted by atomic mass is 10.1. The van der Waals surface area contributed by atoms with Crippen molar-refractivity contribution in [3.63, 3.8) is 0 Å². The van der Waals surface area contributed by atoms with E-state index in [4.69, 9.17) is 0 Å². The first kappa shape index (κ1) is 22.5. The molecule has 0 fully saturated rings. The van der Waals surface area contributed by atoms with Crippen LogP contribution in [0.3, 0.4) is 0 Å². The van der Waals surface area contributed by atoms with Crippen LogP contribution >= 0.6 is 0 Å². The van der Waals surface area contributed by atoms with Gasteiger partial charge in [-0.05, 0) is 38.0 Å². The van der Waals surface area contributed by atoms with Crippen LogP contribution in [0.2, 0.25) is 0 Å². The summed E-state index contributed by atoms with van der Waals surface area (Å²) in [6.07, 6.45) is 0.774. The highest BCUT2D eigenvalue weighted by molar-refractivity contribution is 5.98. The van der Waals surface area contributed by atoms with Crippen LogP contribution in [0.5, 0.6) is 0 Å². The largest absolute Gasteiger partial charge is 0.321 e. The number of nitrogens with zero attached hydrogens (tertiary/aromatic N) is 3. The molecule has 0 bridgehead atoms. The van der Waals surface area contributed by atoms with Crippen LogP contribution < -0.4 is 15.8 Å². The molecule has 3 aromatic rings. The van der Waals surface area contributed by atoms with Crippen molar-refractivity contribution < 1.29 is 9.59 Å². The highest BCUT2D eigenvalue weighted by Gasteiger charge is 2.30. The molecular formula is C26H28N4O3. The number of hydrogen-bond donors (Lipinski definition) is 1. The molecule has 0 unspecified atom stereocenters. The van der Waals surface area contributed by atoms with E-state index in [0.717, 1.165) is 28.8 Å². The van der Waals surface area contributed by atoms with Crippen LogP contribution in [0.15, 0.2) is 59.4 Å². The predicted octanol–water partition coefficient (Wildman–Crippen LogP) is 3.96. The van der Waals surface area contributed by atoms with Crippen LogP contribution in [0.25, 0.3) is 11.3 Å². The van der Waals surface area contributed by atoms with Crippen LogP contribution in [-0.4, -0.2) is 28.1 Å². The molecule has 0 aliphatic carbocycles. The smallest absolute Gasteiger partial charge is 0.291 e. The molecule has 1 aliphatic rings. The minimum atomic E-state index is -0.844. The second-order valence-electron chi connectivity index (χ2n) is 8.75. The third-order valence-corrected chi connectivity index (χ3v) is 5.94. The second-order valence-corrected chi connectivity index (χ2v) is 8.75. The van der Waals surface area contributed by atoms with E-state index in [0.29, 0.717) is 12.2 Å². The number of para-hydroxylation sites is 1. The van der Waals surface area contributed by atoms with Crippen LogP contribution in [0, 0.1) is 12.8 Å². The highest BCUT2D eigenvalue weighted by Crippen LogP contribution is 2.29. The minimum Gasteiger partial charge on any atom is -0.321 e. The van der Waals surface area contributed by atoms with E-state index in [1.54, 1.807) is 31.7 Å². The molecule has 0 radical (unpaired) electrons. The summed E-state index contributed by atoms with van der Waals surface area (Å²) in [7, 11) is 0. The number of benzene rings is 2. The summed E-state index contributed by atoms with van der Waals surface area (Å²) in [5, 5.41) is 7.25. The van der Waals surface area contributed by atoms with Crippen molar-refractivity contribution in [1.29, 1.82) is 0 Å². The number of fused-ring (bicyclic) bond motifs is 1. The number of amides is 2. The molecule has 2 aromatic carbocycles. The summed E-state index contributed by atoms with van der Waals surface area (Å²) < 4.78 is 1.19. The monoisotopic (exact) mass is 444 g/mol. The standard InChI is InChI=1S/C26H28N4O3/c1-16(2)24(31)27-22-15-21(19-11-9-17(3)10-12-19)28-30(26(22)33)18(4)25(32)29-14-13-20-7-5-6-8-23(20)29/h5-12,15-16,18H,13-14H2,1-4H3,(H,27,31)/t18-/m0/s1. The zero-order valence-electron chi connectivity index (χ0n) is 19.3. The predicted molar refractivity (Wildman–Crippen MR) is 129 cm³/mol. The molecule has 0 spiro atoms. The first-order valence-electron chi connectivity index (χ1n) is 11.2. The van der Waals surface area contributed by atoms with Crippen LogP contribution in [0.1, 0.15) is 37.9 Å². The first-order chi connectivity index (χ1) is 15.8. The van der Waals surface area contributed by atoms with Crippen molar-refractivity contribution in [2.24, 2.45) is 5.92 Å². The lowest BCUT2D eigenvalue weighted by Gasteiger charge is -2.23. The third-order valence-electron chi connectivity index (χ3n) is 5.94. The van der Waals surface area contributed by atoms with Gasteiger partial charge >= 0.3 is 0 Å². The fourth-order valence-electron chi connectivity index (χ4n) is 3.90. The fraction of sp³-hybridized carbons (Fsp3) is 0.308. The Morgan fingerprint density at radius 3 is 2.42 bits per heavy atom. The number of hydrogen-bond acceptors (Lipinski definition) is 4. The van der Waals surface area contributed by atoms with Gasteiger partial charge in [-0.15, -0.1) is 0 Å². The molecular weight excluding hydrogens is 416 g/mol. The van der Waals surface area contributed by atoms with Gasteiger partial charge in [0.05, 0.1) is 5.69 Å². The molecule has 33 heavy (non-hydrogen) atoms. The summed E-state index contributed by atoms with van der Waals surface area (Å²) >= 11 is 0. The first-order valence-corrected chi connectivity index (χ1v) is 11.2. The van der Waals surface area contributed by atoms with Gasteiger partial charge < -0.3 is 10.2 Å². The zero-order valence-corrected chi connectivity index (χ0v) is 19.3. The summed E-state index contributed by atoms with van der Waals surface area (Å²) in [5.74, 6) is -0.780. The Balaban J connectivity index is 1.76. The number of rotatable bonds is 5. The SMILES string of the molecule is Cc1ccc(-c2cc(NC(=O)C(C)C)c(=O)n([C@@H](C)C(=O)N3CCc4ccccc43)n2)cc1. The van der Waals surface area contributed by atoms with E-state index in [-0.39, 0.29) is 23.4 Å². The molecule has 0 saturated carbocycles. The molecule has 4 rings (SSSR count). The molecule has 1 aromatic heterocycles. The quantitative estimate of drug-likeness (QED) is 0.646. The number of carbonyl (C=O) groups is 2. The molecule has 7 nitrogen and oxygen atoms in total. The lowest BCUT2D eigenvalue weighted by molar-refractivity contribution is -0.121. The lowest BCUT2D eigenvalue weighted by Crippen LogP contribution is -2.40. The number of aryl methyl sites for hydroxylation is 1. The number of aromatic nitrogens is 2. The summed E-state index contributed by atoms with van der Waals surface area (Å²) in [4.78, 5) is 40.8. The average molecular weight is 445 g/mol. The number of carbonyl (C=O) groups excluding carboxylic acids is 2. The van der Waals surface area contributed by atoms with Gasteiger partial charge in [-0.3, -0.25) is 14.4 Å². The topological polar surface area (TPSA) is 84.3 Å². The Labute approximate surface area is 193 Å². The Morgan fingerprint density at radius 2 is 1.73 bits per heavy atom. The molecule has 170 valence electrons. The van der Waals surface area contributed by atoms with E-state index in [9.17, 15) is 14.4 Å². The fourth-order valence-corrected chi connectivity index (χ4v) is 3.90. The van der Waals surface area contributed by atoms with Gasteiger partial charge in [0.15, 0.2) is 0 Å². The van der Waals surface area contributed by atoms with E-state index < -0.39 is 11.6 Å². The molecule has 2 amide bonds. The van der Waals surface area contributed by atoms with Crippen molar-refractivity contribution >= 4 is 23.2 Å². The maximum Gasteiger partial charge on any atom is 0.291 e. The Bertz CT molecular complexity index is 1260. The molecule has 1 N–H and O–H groups in total. The summed E-state index contributed by atoms with van der Waals surface area (Å²) in [5.41, 5.74) is 3.98. The van der Waals surface area contributed by atoms with Crippen LogP contribution in [-0.2, 0) is 16.0 Å². The van der Waals surface area contributed by atoms with Gasteiger partial charge in [0.2, 0.25) is 5.91 Å². The normalized spacial score (nSPS) is 13.7. The van der Waals surface area contributed by atoms with Crippen molar-refractivity contribution in [3.8, 4) is 11.3 Å². The number of nitrogens with one attached hydrogen (secondary N) is 1. The minimum absolute atomic E-state index is 0.112. The molecule has 1 aliphatic heterocycles. The summed E-state index contributed by atoms with van der Waals surface area (Å²) in [6.45, 7) is 7.73. The van der Waals surface area contributed by atoms with Gasteiger partial charge in [0.1, 0.15) is 11.7 Å². The Morgan fingerprint density at radius 1 is 1.03 bits per heavy atom. The average Bonchev–Trinajstić information content (AvgIpc) is 3.24. The third kappa shape index (κ3) is 4.44. The van der Waals surface area contributed by atoms with E-state index in [2.05, 4.69) is 10.4 Å². The zero-order chi connectivity index (χ0) is 23.7. The molecule has 2 heterocycles. The van der Waals surface area contributed by atoms with Crippen LogP contribution in [0.4, 0.5) is 11.4 Å². The molecule has 0 saturated heterocycles. The maximum atomic E-state index is 13.4. The van der Waals surface area contributed by atoms with Gasteiger partial charge in [-0.1, -0.05) is 61.9 Å². The number of anilines is 2. The van der Waals surface area contributed by atoms with Crippen molar-refractivity contribution in [1.82, 2.24) is 9.78 Å². The Hall–Kier alpha value is -3.74. The summed E-state index contributed by atoms with van der Waals surface area (Å²) in [6, 6.07) is 16.2. The van der Waals surface area contributed by atoms with Crippen molar-refractivity contribution in [2.45, 2.75) is 40.2 Å².